The first kappa shape index (κ1) is 13.8. The molecule has 2 rings (SSSR count). The molecule has 0 radical (unpaired) electrons. The Hall–Kier alpha value is -1.60. The van der Waals surface area contributed by atoms with Crippen molar-refractivity contribution >= 4 is 5.69 Å². The summed E-state index contributed by atoms with van der Waals surface area (Å²) in [6, 6.07) is 6.89. The van der Waals surface area contributed by atoms with Gasteiger partial charge in [0.05, 0.1) is 12.2 Å². The summed E-state index contributed by atoms with van der Waals surface area (Å²) in [5.74, 6) is -0.487. The Morgan fingerprint density at radius 2 is 2.05 bits per heavy atom. The largest absolute Gasteiger partial charge is 0.395 e. The van der Waals surface area contributed by atoms with Crippen molar-refractivity contribution < 1.29 is 9.50 Å². The molecule has 0 saturated heterocycles. The quantitative estimate of drug-likeness (QED) is 0.907. The highest BCUT2D eigenvalue weighted by Crippen LogP contribution is 2.28. The first-order valence-corrected chi connectivity index (χ1v) is 6.83. The highest BCUT2D eigenvalue weighted by Gasteiger charge is 2.21. The van der Waals surface area contributed by atoms with Crippen molar-refractivity contribution in [2.24, 2.45) is 0 Å². The summed E-state index contributed by atoms with van der Waals surface area (Å²) in [4.78, 5) is 2.07. The van der Waals surface area contributed by atoms with Crippen molar-refractivity contribution in [3.05, 3.63) is 29.6 Å². The summed E-state index contributed by atoms with van der Waals surface area (Å²) in [6.07, 6.45) is 5.80. The molecule has 0 atom stereocenters. The second kappa shape index (κ2) is 6.53. The maximum atomic E-state index is 13.7. The van der Waals surface area contributed by atoms with Gasteiger partial charge >= 0.3 is 0 Å². The lowest BCUT2D eigenvalue weighted by Gasteiger charge is -2.35. The molecule has 19 heavy (non-hydrogen) atoms. The summed E-state index contributed by atoms with van der Waals surface area (Å²) in [7, 11) is 0. The summed E-state index contributed by atoms with van der Waals surface area (Å²) in [5.41, 5.74) is 0.828. The van der Waals surface area contributed by atoms with Gasteiger partial charge in [-0.05, 0) is 31.0 Å². The van der Waals surface area contributed by atoms with Gasteiger partial charge in [0.1, 0.15) is 11.9 Å². The molecular weight excluding hydrogens is 243 g/mol. The number of halogens is 1. The standard InChI is InChI=1S/C15H19FN2O/c16-15-10-14(7-6-12(15)11-17)18(8-9-19)13-4-2-1-3-5-13/h6-7,10,13,19H,1-5,8-9H2. The van der Waals surface area contributed by atoms with Crippen LogP contribution in [0.2, 0.25) is 0 Å². The molecule has 0 bridgehead atoms. The molecule has 0 aliphatic heterocycles. The fourth-order valence-corrected chi connectivity index (χ4v) is 2.80. The number of rotatable bonds is 4. The summed E-state index contributed by atoms with van der Waals surface area (Å²) in [6.45, 7) is 0.564. The number of benzene rings is 1. The monoisotopic (exact) mass is 262 g/mol. The molecule has 3 nitrogen and oxygen atoms in total. The van der Waals surface area contributed by atoms with Gasteiger partial charge in [0, 0.05) is 18.3 Å². The SMILES string of the molecule is N#Cc1ccc(N(CCO)C2CCCCC2)cc1F. The minimum atomic E-state index is -0.487. The first-order chi connectivity index (χ1) is 9.26. The predicted molar refractivity (Wildman–Crippen MR) is 72.4 cm³/mol. The number of nitrogens with zero attached hydrogens (tertiary/aromatic N) is 2. The Bertz CT molecular complexity index is 464. The van der Waals surface area contributed by atoms with Crippen LogP contribution in [0.3, 0.4) is 0 Å². The van der Waals surface area contributed by atoms with Crippen LogP contribution >= 0.6 is 0 Å². The Labute approximate surface area is 113 Å². The number of hydrogen-bond acceptors (Lipinski definition) is 3. The molecule has 1 aliphatic carbocycles. The van der Waals surface area contributed by atoms with E-state index in [2.05, 4.69) is 4.90 Å². The van der Waals surface area contributed by atoms with E-state index < -0.39 is 5.82 Å². The van der Waals surface area contributed by atoms with E-state index in [1.165, 1.54) is 31.4 Å². The first-order valence-electron chi connectivity index (χ1n) is 6.83. The van der Waals surface area contributed by atoms with Gasteiger partial charge in [-0.3, -0.25) is 0 Å². The van der Waals surface area contributed by atoms with Crippen LogP contribution in [0.15, 0.2) is 18.2 Å². The lowest BCUT2D eigenvalue weighted by Crippen LogP contribution is -2.38. The molecule has 1 N–H and O–H groups in total. The van der Waals surface area contributed by atoms with E-state index in [1.807, 2.05) is 6.07 Å². The molecule has 0 amide bonds. The topological polar surface area (TPSA) is 47.3 Å². The van der Waals surface area contributed by atoms with Gasteiger partial charge in [0.25, 0.3) is 0 Å². The normalized spacial score (nSPS) is 16.1. The molecule has 4 heteroatoms. The summed E-state index contributed by atoms with van der Waals surface area (Å²) < 4.78 is 13.7. The van der Waals surface area contributed by atoms with E-state index in [1.54, 1.807) is 6.07 Å². The molecule has 0 heterocycles. The molecule has 1 aromatic carbocycles. The zero-order valence-electron chi connectivity index (χ0n) is 11.0. The average Bonchev–Trinajstić information content (AvgIpc) is 2.45. The molecule has 1 saturated carbocycles. The molecule has 102 valence electrons. The lowest BCUT2D eigenvalue weighted by atomic mass is 9.93. The maximum absolute atomic E-state index is 13.7. The fourth-order valence-electron chi connectivity index (χ4n) is 2.80. The van der Waals surface area contributed by atoms with Gasteiger partial charge in [0.2, 0.25) is 0 Å². The Morgan fingerprint density at radius 1 is 1.32 bits per heavy atom. The lowest BCUT2D eigenvalue weighted by molar-refractivity contribution is 0.290. The summed E-state index contributed by atoms with van der Waals surface area (Å²) in [5, 5.41) is 18.0. The molecule has 1 fully saturated rings. The Kier molecular flexibility index (Phi) is 4.75. The third kappa shape index (κ3) is 3.24. The van der Waals surface area contributed by atoms with E-state index >= 15 is 0 Å². The second-order valence-electron chi connectivity index (χ2n) is 4.98. The minimum absolute atomic E-state index is 0.0537. The van der Waals surface area contributed by atoms with Crippen LogP contribution in [0.25, 0.3) is 0 Å². The fraction of sp³-hybridized carbons (Fsp3) is 0.533. The maximum Gasteiger partial charge on any atom is 0.143 e. The van der Waals surface area contributed by atoms with Gasteiger partial charge in [-0.15, -0.1) is 0 Å². The molecule has 0 aromatic heterocycles. The third-order valence-corrected chi connectivity index (χ3v) is 3.76. The number of anilines is 1. The average molecular weight is 262 g/mol. The van der Waals surface area contributed by atoms with E-state index in [4.69, 9.17) is 5.26 Å². The third-order valence-electron chi connectivity index (χ3n) is 3.76. The van der Waals surface area contributed by atoms with Crippen molar-refractivity contribution in [1.82, 2.24) is 0 Å². The highest BCUT2D eigenvalue weighted by molar-refractivity contribution is 5.51. The van der Waals surface area contributed by atoms with Gasteiger partial charge in [-0.25, -0.2) is 4.39 Å². The number of nitriles is 1. The van der Waals surface area contributed by atoms with E-state index in [-0.39, 0.29) is 12.2 Å². The van der Waals surface area contributed by atoms with Gasteiger partial charge < -0.3 is 10.0 Å². The van der Waals surface area contributed by atoms with Crippen molar-refractivity contribution in [3.63, 3.8) is 0 Å². The predicted octanol–water partition coefficient (Wildman–Crippen LogP) is 2.83. The van der Waals surface area contributed by atoms with E-state index in [9.17, 15) is 9.50 Å². The molecule has 1 aromatic rings. The van der Waals surface area contributed by atoms with Gasteiger partial charge in [-0.2, -0.15) is 5.26 Å². The number of aliphatic hydroxyl groups is 1. The van der Waals surface area contributed by atoms with Crippen LogP contribution in [0.4, 0.5) is 10.1 Å². The van der Waals surface area contributed by atoms with Crippen molar-refractivity contribution in [2.75, 3.05) is 18.1 Å². The van der Waals surface area contributed by atoms with Crippen LogP contribution in [-0.4, -0.2) is 24.3 Å². The van der Waals surface area contributed by atoms with Crippen molar-refractivity contribution in [3.8, 4) is 6.07 Å². The Morgan fingerprint density at radius 3 is 2.63 bits per heavy atom. The zero-order valence-corrected chi connectivity index (χ0v) is 11.0. The molecule has 0 unspecified atom stereocenters. The van der Waals surface area contributed by atoms with Gasteiger partial charge in [-0.1, -0.05) is 19.3 Å². The molecular formula is C15H19FN2O. The highest BCUT2D eigenvalue weighted by atomic mass is 19.1. The minimum Gasteiger partial charge on any atom is -0.395 e. The van der Waals surface area contributed by atoms with Crippen LogP contribution in [-0.2, 0) is 0 Å². The zero-order chi connectivity index (χ0) is 13.7. The summed E-state index contributed by atoms with van der Waals surface area (Å²) >= 11 is 0. The smallest absolute Gasteiger partial charge is 0.143 e. The van der Waals surface area contributed by atoms with Crippen LogP contribution < -0.4 is 4.90 Å². The van der Waals surface area contributed by atoms with Crippen molar-refractivity contribution in [2.45, 2.75) is 38.1 Å². The second-order valence-corrected chi connectivity index (χ2v) is 4.98. The van der Waals surface area contributed by atoms with Gasteiger partial charge in [0.15, 0.2) is 0 Å². The van der Waals surface area contributed by atoms with Crippen molar-refractivity contribution in [1.29, 1.82) is 5.26 Å². The molecule has 1 aliphatic rings. The Balaban J connectivity index is 2.22. The van der Waals surface area contributed by atoms with E-state index in [0.29, 0.717) is 12.6 Å². The number of hydrogen-bond donors (Lipinski definition) is 1. The van der Waals surface area contributed by atoms with Crippen LogP contribution in [0.1, 0.15) is 37.7 Å². The van der Waals surface area contributed by atoms with E-state index in [0.717, 1.165) is 18.5 Å². The van der Waals surface area contributed by atoms with Crippen LogP contribution in [0, 0.1) is 17.1 Å². The molecule has 0 spiro atoms. The van der Waals surface area contributed by atoms with Crippen LogP contribution in [0.5, 0.6) is 0 Å². The number of aliphatic hydroxyl groups excluding tert-OH is 1.